The van der Waals surface area contributed by atoms with Crippen LogP contribution in [0.1, 0.15) is 130 Å². The van der Waals surface area contributed by atoms with E-state index in [-0.39, 0.29) is 12.4 Å². The van der Waals surface area contributed by atoms with E-state index in [1.165, 1.54) is 89.3 Å². The summed E-state index contributed by atoms with van der Waals surface area (Å²) in [5.74, 6) is 0.193. The van der Waals surface area contributed by atoms with Crippen LogP contribution in [0.3, 0.4) is 0 Å². The molecule has 0 spiro atoms. The number of hydrogen-bond acceptors (Lipinski definition) is 9. The SMILES string of the molecule is CCCCCCCCCCCCCCCCCCOP(=O)(O)OC[C@H]1O[C@@H](n2ccc(N=CN(CC)CC)nc2=O)[C@@H](O)[C@@H]1O. The van der Waals surface area contributed by atoms with Crippen molar-refractivity contribution in [1.29, 1.82) is 0 Å². The lowest BCUT2D eigenvalue weighted by atomic mass is 10.0. The molecule has 3 N–H and O–H groups in total. The molecule has 260 valence electrons. The Morgan fingerprint density at radius 2 is 1.42 bits per heavy atom. The van der Waals surface area contributed by atoms with Crippen molar-refractivity contribution in [3.05, 3.63) is 22.7 Å². The predicted molar refractivity (Wildman–Crippen MR) is 177 cm³/mol. The van der Waals surface area contributed by atoms with Crippen molar-refractivity contribution in [3.8, 4) is 0 Å². The molecule has 0 amide bonds. The fourth-order valence-electron chi connectivity index (χ4n) is 5.33. The second-order valence-electron chi connectivity index (χ2n) is 11.9. The highest BCUT2D eigenvalue weighted by Gasteiger charge is 2.45. The van der Waals surface area contributed by atoms with Crippen molar-refractivity contribution in [1.82, 2.24) is 14.5 Å². The monoisotopic (exact) mass is 658 g/mol. The smallest absolute Gasteiger partial charge is 0.387 e. The Balaban J connectivity index is 1.58. The first-order chi connectivity index (χ1) is 21.7. The van der Waals surface area contributed by atoms with E-state index >= 15 is 0 Å². The second kappa shape index (κ2) is 22.8. The number of hydrogen-bond donors (Lipinski definition) is 3. The lowest BCUT2D eigenvalue weighted by molar-refractivity contribution is -0.0551. The molecule has 2 rings (SSSR count). The van der Waals surface area contributed by atoms with Gasteiger partial charge in [-0.25, -0.2) is 14.4 Å². The summed E-state index contributed by atoms with van der Waals surface area (Å²) in [7, 11) is -4.38. The van der Waals surface area contributed by atoms with Gasteiger partial charge in [-0.1, -0.05) is 103 Å². The molecule has 1 aliphatic rings. The summed E-state index contributed by atoms with van der Waals surface area (Å²) < 4.78 is 29.1. The fourth-order valence-corrected chi connectivity index (χ4v) is 6.10. The Bertz CT molecular complexity index is 1050. The third kappa shape index (κ3) is 15.7. The number of nitrogens with zero attached hydrogens (tertiary/aromatic N) is 4. The third-order valence-corrected chi connectivity index (χ3v) is 9.23. The van der Waals surface area contributed by atoms with Crippen LogP contribution in [0.25, 0.3) is 0 Å². The number of phosphoric acid groups is 1. The maximum absolute atomic E-state index is 12.6. The maximum atomic E-state index is 12.6. The topological polar surface area (TPSA) is 156 Å². The van der Waals surface area contributed by atoms with Crippen molar-refractivity contribution in [3.63, 3.8) is 0 Å². The summed E-state index contributed by atoms with van der Waals surface area (Å²) in [4.78, 5) is 32.7. The molecule has 0 aliphatic carbocycles. The molecule has 45 heavy (non-hydrogen) atoms. The van der Waals surface area contributed by atoms with E-state index in [0.717, 1.165) is 36.9 Å². The molecule has 0 radical (unpaired) electrons. The van der Waals surface area contributed by atoms with E-state index in [4.69, 9.17) is 13.8 Å². The zero-order valence-corrected chi connectivity index (χ0v) is 28.7. The van der Waals surface area contributed by atoms with Gasteiger partial charge in [0.1, 0.15) is 18.3 Å². The van der Waals surface area contributed by atoms with E-state index in [1.54, 1.807) is 6.34 Å². The molecular formula is C32H59N4O8P. The maximum Gasteiger partial charge on any atom is 0.472 e. The minimum absolute atomic E-state index is 0.0791. The molecule has 1 fully saturated rings. The van der Waals surface area contributed by atoms with Crippen LogP contribution in [-0.4, -0.2) is 80.5 Å². The predicted octanol–water partition coefficient (Wildman–Crippen LogP) is 6.26. The average molecular weight is 659 g/mol. The minimum Gasteiger partial charge on any atom is -0.387 e. The Kier molecular flexibility index (Phi) is 20.0. The second-order valence-corrected chi connectivity index (χ2v) is 13.3. The highest BCUT2D eigenvalue weighted by molar-refractivity contribution is 7.47. The summed E-state index contributed by atoms with van der Waals surface area (Å²) in [6.07, 6.45) is 17.4. The molecule has 1 aliphatic heterocycles. The largest absolute Gasteiger partial charge is 0.472 e. The zero-order valence-electron chi connectivity index (χ0n) is 27.8. The van der Waals surface area contributed by atoms with Crippen LogP contribution >= 0.6 is 7.82 Å². The zero-order chi connectivity index (χ0) is 32.9. The minimum atomic E-state index is -4.38. The van der Waals surface area contributed by atoms with Crippen molar-refractivity contribution in [2.24, 2.45) is 4.99 Å². The van der Waals surface area contributed by atoms with Gasteiger partial charge < -0.3 is 24.7 Å². The normalized spacial score (nSPS) is 21.5. The van der Waals surface area contributed by atoms with Gasteiger partial charge in [-0.15, -0.1) is 0 Å². The number of phosphoric ester groups is 1. The van der Waals surface area contributed by atoms with Gasteiger partial charge in [0.25, 0.3) is 0 Å². The first kappa shape index (κ1) is 39.5. The Morgan fingerprint density at radius 3 is 1.93 bits per heavy atom. The molecule has 13 heteroatoms. The van der Waals surface area contributed by atoms with E-state index < -0.39 is 44.7 Å². The number of unbranched alkanes of at least 4 members (excludes halogenated alkanes) is 15. The molecule has 5 atom stereocenters. The van der Waals surface area contributed by atoms with Crippen molar-refractivity contribution >= 4 is 20.0 Å². The van der Waals surface area contributed by atoms with Crippen LogP contribution in [0.15, 0.2) is 22.1 Å². The molecule has 2 heterocycles. The van der Waals surface area contributed by atoms with Gasteiger partial charge in [0.05, 0.1) is 19.6 Å². The molecular weight excluding hydrogens is 599 g/mol. The number of aliphatic hydroxyl groups excluding tert-OH is 2. The van der Waals surface area contributed by atoms with Crippen molar-refractivity contribution in [2.45, 2.75) is 148 Å². The number of ether oxygens (including phenoxy) is 1. The Morgan fingerprint density at radius 1 is 0.889 bits per heavy atom. The van der Waals surface area contributed by atoms with Crippen LogP contribution in [-0.2, 0) is 18.3 Å². The van der Waals surface area contributed by atoms with Gasteiger partial charge in [-0.2, -0.15) is 4.98 Å². The van der Waals surface area contributed by atoms with Crippen molar-refractivity contribution in [2.75, 3.05) is 26.3 Å². The number of aliphatic hydroxyl groups is 2. The van der Waals surface area contributed by atoms with E-state index in [2.05, 4.69) is 16.9 Å². The number of rotatable bonds is 26. The number of aliphatic imine (C=N–C) groups is 1. The van der Waals surface area contributed by atoms with Gasteiger partial charge >= 0.3 is 13.5 Å². The molecule has 0 aromatic carbocycles. The highest BCUT2D eigenvalue weighted by atomic mass is 31.2. The molecule has 12 nitrogen and oxygen atoms in total. The lowest BCUT2D eigenvalue weighted by Gasteiger charge is -2.18. The average Bonchev–Trinajstić information content (AvgIpc) is 3.30. The molecule has 1 unspecified atom stereocenters. The molecule has 1 aromatic rings. The Labute approximate surface area is 269 Å². The summed E-state index contributed by atoms with van der Waals surface area (Å²) in [5, 5.41) is 20.9. The van der Waals surface area contributed by atoms with Gasteiger partial charge in [-0.05, 0) is 26.3 Å². The van der Waals surface area contributed by atoms with Crippen LogP contribution in [0, 0.1) is 0 Å². The Hall–Kier alpha value is -1.66. The summed E-state index contributed by atoms with van der Waals surface area (Å²) in [5.41, 5.74) is -0.725. The number of aromatic nitrogens is 2. The van der Waals surface area contributed by atoms with Crippen LogP contribution in [0.2, 0.25) is 0 Å². The van der Waals surface area contributed by atoms with Gasteiger partial charge in [0, 0.05) is 19.3 Å². The van der Waals surface area contributed by atoms with Crippen LogP contribution in [0.4, 0.5) is 5.82 Å². The summed E-state index contributed by atoms with van der Waals surface area (Å²) >= 11 is 0. The summed E-state index contributed by atoms with van der Waals surface area (Å²) in [6.45, 7) is 7.30. The molecule has 1 aromatic heterocycles. The standard InChI is InChI=1S/C32H59N4O8P/c1-4-7-8-9-10-11-12-13-14-15-16-17-18-19-20-21-24-42-45(40,41)43-25-27-29(37)30(38)31(44-27)36-23-22-28(34-32(36)39)33-26-35(5-2)6-3/h22-23,26-27,29-31,37-38H,4-21,24-25H2,1-3H3,(H,40,41)/t27-,29-,30+,31-/m1/s1. The van der Waals surface area contributed by atoms with Gasteiger partial charge in [0.15, 0.2) is 12.0 Å². The van der Waals surface area contributed by atoms with E-state index in [9.17, 15) is 24.5 Å². The summed E-state index contributed by atoms with van der Waals surface area (Å²) in [6, 6.07) is 1.49. The lowest BCUT2D eigenvalue weighted by Crippen LogP contribution is -2.36. The fraction of sp³-hybridized carbons (Fsp3) is 0.844. The molecule has 1 saturated heterocycles. The first-order valence-electron chi connectivity index (χ1n) is 17.2. The third-order valence-electron chi connectivity index (χ3n) is 8.25. The molecule has 0 bridgehead atoms. The quantitative estimate of drug-likeness (QED) is 0.0449. The van der Waals surface area contributed by atoms with E-state index in [0.29, 0.717) is 6.42 Å². The van der Waals surface area contributed by atoms with Crippen LogP contribution < -0.4 is 5.69 Å². The molecule has 0 saturated carbocycles. The van der Waals surface area contributed by atoms with Crippen LogP contribution in [0.5, 0.6) is 0 Å². The van der Waals surface area contributed by atoms with Gasteiger partial charge in [0.2, 0.25) is 0 Å². The van der Waals surface area contributed by atoms with Crippen molar-refractivity contribution < 1.29 is 33.5 Å². The highest BCUT2D eigenvalue weighted by Crippen LogP contribution is 2.44. The van der Waals surface area contributed by atoms with E-state index in [1.807, 2.05) is 18.7 Å². The first-order valence-corrected chi connectivity index (χ1v) is 18.7. The van der Waals surface area contributed by atoms with Gasteiger partial charge in [-0.3, -0.25) is 13.6 Å².